The summed E-state index contributed by atoms with van der Waals surface area (Å²) >= 11 is 0. The molecule has 0 spiro atoms. The van der Waals surface area contributed by atoms with Crippen LogP contribution in [0.25, 0.3) is 0 Å². The fraction of sp³-hybridized carbons (Fsp3) is 0.857. The highest BCUT2D eigenvalue weighted by molar-refractivity contribution is 5.18. The molecule has 29 heavy (non-hydrogen) atoms. The van der Waals surface area contributed by atoms with E-state index in [-0.39, 0.29) is 5.54 Å². The van der Waals surface area contributed by atoms with Crippen molar-refractivity contribution in [2.45, 2.75) is 110 Å². The summed E-state index contributed by atoms with van der Waals surface area (Å²) in [7, 11) is 0. The molecule has 4 fully saturated rings. The lowest BCUT2D eigenvalue weighted by Gasteiger charge is -2.66. The number of hydrogen-bond acceptors (Lipinski definition) is 1. The van der Waals surface area contributed by atoms with Crippen LogP contribution in [0.3, 0.4) is 0 Å². The Bertz CT molecular complexity index is 659. The SMILES string of the molecule is C=C(C)CCC(=C)C1CCC2C1CCC1C2CCC2(N)CC(C)(C)CCC12CC. The smallest absolute Gasteiger partial charge is 0.0219 e. The average molecular weight is 398 g/mol. The molecule has 4 aliphatic rings. The quantitative estimate of drug-likeness (QED) is 0.473. The van der Waals surface area contributed by atoms with E-state index in [1.807, 2.05) is 0 Å². The normalized spacial score (nSPS) is 45.8. The van der Waals surface area contributed by atoms with E-state index in [0.717, 1.165) is 42.4 Å². The second-order valence-corrected chi connectivity index (χ2v) is 12.5. The number of rotatable bonds is 5. The second-order valence-electron chi connectivity index (χ2n) is 12.5. The van der Waals surface area contributed by atoms with Crippen molar-refractivity contribution in [1.29, 1.82) is 0 Å². The predicted octanol–water partition coefficient (Wildman–Crippen LogP) is 7.67. The standard InChI is InChI=1S/C28H47N/c1-7-27-17-16-26(5,6)18-28(27,29)15-14-24-23-11-10-21(20(4)9-8-19(2)3)22(23)12-13-25(24)27/h21-25H,2,4,7-18,29H2,1,3,5-6H3. The van der Waals surface area contributed by atoms with E-state index in [0.29, 0.717) is 10.8 Å². The molecule has 1 nitrogen and oxygen atoms in total. The van der Waals surface area contributed by atoms with Crippen LogP contribution in [0.1, 0.15) is 105 Å². The summed E-state index contributed by atoms with van der Waals surface area (Å²) in [5, 5.41) is 0. The van der Waals surface area contributed by atoms with Crippen molar-refractivity contribution in [3.63, 3.8) is 0 Å². The van der Waals surface area contributed by atoms with Gasteiger partial charge in [-0.2, -0.15) is 0 Å². The van der Waals surface area contributed by atoms with Gasteiger partial charge in [-0.3, -0.25) is 0 Å². The summed E-state index contributed by atoms with van der Waals surface area (Å²) in [5.74, 6) is 4.46. The maximum absolute atomic E-state index is 7.35. The molecular formula is C28H47N. The van der Waals surface area contributed by atoms with Gasteiger partial charge in [-0.05, 0) is 124 Å². The molecule has 0 aromatic heterocycles. The predicted molar refractivity (Wildman–Crippen MR) is 126 cm³/mol. The van der Waals surface area contributed by atoms with Gasteiger partial charge in [0.05, 0.1) is 0 Å². The van der Waals surface area contributed by atoms with E-state index in [1.165, 1.54) is 75.4 Å². The zero-order valence-electron chi connectivity index (χ0n) is 19.9. The lowest BCUT2D eigenvalue weighted by atomic mass is 9.41. The number of hydrogen-bond donors (Lipinski definition) is 1. The molecule has 4 aliphatic carbocycles. The maximum Gasteiger partial charge on any atom is 0.0219 e. The van der Waals surface area contributed by atoms with Gasteiger partial charge in [-0.1, -0.05) is 38.5 Å². The van der Waals surface area contributed by atoms with Crippen LogP contribution in [-0.4, -0.2) is 5.54 Å². The Kier molecular flexibility index (Phi) is 5.63. The van der Waals surface area contributed by atoms with E-state index in [1.54, 1.807) is 0 Å². The van der Waals surface area contributed by atoms with Crippen molar-refractivity contribution < 1.29 is 0 Å². The van der Waals surface area contributed by atoms with Crippen molar-refractivity contribution in [1.82, 2.24) is 0 Å². The first-order valence-corrected chi connectivity index (χ1v) is 12.7. The van der Waals surface area contributed by atoms with E-state index in [4.69, 9.17) is 5.73 Å². The maximum atomic E-state index is 7.35. The molecule has 0 bridgehead atoms. The van der Waals surface area contributed by atoms with E-state index in [9.17, 15) is 0 Å². The van der Waals surface area contributed by atoms with Crippen molar-refractivity contribution in [3.05, 3.63) is 24.3 Å². The molecule has 0 radical (unpaired) electrons. The first-order chi connectivity index (χ1) is 13.6. The summed E-state index contributed by atoms with van der Waals surface area (Å²) in [4.78, 5) is 0. The average Bonchev–Trinajstić information content (AvgIpc) is 3.09. The van der Waals surface area contributed by atoms with Gasteiger partial charge in [-0.25, -0.2) is 0 Å². The van der Waals surface area contributed by atoms with Crippen LogP contribution in [0.4, 0.5) is 0 Å². The zero-order chi connectivity index (χ0) is 21.0. The molecule has 0 heterocycles. The number of allylic oxidation sites excluding steroid dienone is 2. The molecule has 7 unspecified atom stereocenters. The molecule has 7 atom stereocenters. The molecule has 0 saturated heterocycles. The highest BCUT2D eigenvalue weighted by Crippen LogP contribution is 2.67. The molecule has 4 saturated carbocycles. The van der Waals surface area contributed by atoms with Crippen LogP contribution in [0.15, 0.2) is 24.3 Å². The van der Waals surface area contributed by atoms with Gasteiger partial charge in [0.25, 0.3) is 0 Å². The van der Waals surface area contributed by atoms with Crippen molar-refractivity contribution >= 4 is 0 Å². The van der Waals surface area contributed by atoms with Crippen LogP contribution in [0, 0.1) is 40.4 Å². The van der Waals surface area contributed by atoms with Crippen molar-refractivity contribution in [2.75, 3.05) is 0 Å². The third-order valence-electron chi connectivity index (χ3n) is 10.5. The fourth-order valence-corrected chi connectivity index (χ4v) is 9.13. The third-order valence-corrected chi connectivity index (χ3v) is 10.5. The number of fused-ring (bicyclic) bond motifs is 5. The van der Waals surface area contributed by atoms with Crippen LogP contribution < -0.4 is 5.73 Å². The van der Waals surface area contributed by atoms with Crippen LogP contribution in [0.5, 0.6) is 0 Å². The van der Waals surface area contributed by atoms with E-state index < -0.39 is 0 Å². The molecule has 4 rings (SSSR count). The van der Waals surface area contributed by atoms with Crippen LogP contribution in [-0.2, 0) is 0 Å². The topological polar surface area (TPSA) is 26.0 Å². The van der Waals surface area contributed by atoms with Gasteiger partial charge in [-0.15, -0.1) is 6.58 Å². The Labute approximate surface area is 181 Å². The van der Waals surface area contributed by atoms with Gasteiger partial charge >= 0.3 is 0 Å². The molecule has 0 aromatic carbocycles. The molecule has 1 heteroatoms. The summed E-state index contributed by atoms with van der Waals surface area (Å²) in [5.41, 5.74) is 11.1. The first-order valence-electron chi connectivity index (χ1n) is 12.7. The molecule has 164 valence electrons. The monoisotopic (exact) mass is 397 g/mol. The summed E-state index contributed by atoms with van der Waals surface area (Å²) < 4.78 is 0. The second kappa shape index (κ2) is 7.54. The van der Waals surface area contributed by atoms with Crippen molar-refractivity contribution in [2.24, 2.45) is 46.2 Å². The molecule has 0 amide bonds. The minimum atomic E-state index is 0.0839. The van der Waals surface area contributed by atoms with Crippen LogP contribution in [0.2, 0.25) is 0 Å². The highest BCUT2D eigenvalue weighted by Gasteiger charge is 2.63. The van der Waals surface area contributed by atoms with Crippen LogP contribution >= 0.6 is 0 Å². The van der Waals surface area contributed by atoms with Gasteiger partial charge in [0, 0.05) is 5.54 Å². The molecule has 0 aliphatic heterocycles. The Morgan fingerprint density at radius 3 is 2.31 bits per heavy atom. The molecular weight excluding hydrogens is 350 g/mol. The third kappa shape index (κ3) is 3.48. The largest absolute Gasteiger partial charge is 0.325 e. The summed E-state index contributed by atoms with van der Waals surface area (Å²) in [6.07, 6.45) is 16.0. The van der Waals surface area contributed by atoms with E-state index in [2.05, 4.69) is 40.9 Å². The highest BCUT2D eigenvalue weighted by atomic mass is 14.9. The Morgan fingerprint density at radius 2 is 1.62 bits per heavy atom. The minimum absolute atomic E-state index is 0.0839. The molecule has 2 N–H and O–H groups in total. The zero-order valence-corrected chi connectivity index (χ0v) is 19.9. The van der Waals surface area contributed by atoms with Gasteiger partial charge < -0.3 is 5.73 Å². The van der Waals surface area contributed by atoms with Gasteiger partial charge in [0.15, 0.2) is 0 Å². The Balaban J connectivity index is 1.54. The van der Waals surface area contributed by atoms with Crippen molar-refractivity contribution in [3.8, 4) is 0 Å². The van der Waals surface area contributed by atoms with E-state index >= 15 is 0 Å². The molecule has 0 aromatic rings. The minimum Gasteiger partial charge on any atom is -0.325 e. The summed E-state index contributed by atoms with van der Waals surface area (Å²) in [6, 6.07) is 0. The lowest BCUT2D eigenvalue weighted by Crippen LogP contribution is -2.67. The fourth-order valence-electron chi connectivity index (χ4n) is 9.13. The van der Waals surface area contributed by atoms with Gasteiger partial charge in [0.1, 0.15) is 0 Å². The summed E-state index contributed by atoms with van der Waals surface area (Å²) in [6.45, 7) is 18.2. The Morgan fingerprint density at radius 1 is 0.897 bits per heavy atom. The first kappa shape index (κ1) is 21.7. The Hall–Kier alpha value is -0.560. The number of nitrogens with two attached hydrogens (primary N) is 1. The van der Waals surface area contributed by atoms with Gasteiger partial charge in [0.2, 0.25) is 0 Å². The lowest BCUT2D eigenvalue weighted by molar-refractivity contribution is -0.134.